The van der Waals surface area contributed by atoms with E-state index in [9.17, 15) is 9.18 Å². The third-order valence-corrected chi connectivity index (χ3v) is 2.45. The lowest BCUT2D eigenvalue weighted by atomic mass is 9.91. The van der Waals surface area contributed by atoms with Crippen LogP contribution >= 0.6 is 0 Å². The molecule has 82 valence electrons. The van der Waals surface area contributed by atoms with E-state index >= 15 is 0 Å². The molecule has 0 spiro atoms. The Morgan fingerprint density at radius 1 is 1.40 bits per heavy atom. The predicted octanol–water partition coefficient (Wildman–Crippen LogP) is 2.91. The molecule has 2 atom stereocenters. The Balaban J connectivity index is 2.88. The molecule has 0 aliphatic carbocycles. The molecule has 1 N–H and O–H groups in total. The monoisotopic (exact) mass is 210 g/mol. The number of hydrogen-bond donors (Lipinski definition) is 1. The number of hydrogen-bond acceptors (Lipinski definition) is 1. The molecule has 0 heterocycles. The molecule has 1 rings (SSSR count). The van der Waals surface area contributed by atoms with Crippen LogP contribution in [0.3, 0.4) is 0 Å². The number of carbonyl (C=O) groups is 1. The molecular formula is C12H15FO2. The number of aryl methyl sites for hydroxylation is 1. The van der Waals surface area contributed by atoms with Crippen molar-refractivity contribution in [2.24, 2.45) is 0 Å². The second kappa shape index (κ2) is 4.91. The van der Waals surface area contributed by atoms with Gasteiger partial charge in [0.25, 0.3) is 0 Å². The number of aliphatic carboxylic acids is 1. The highest BCUT2D eigenvalue weighted by Crippen LogP contribution is 2.25. The maximum atomic E-state index is 13.2. The molecule has 0 amide bonds. The van der Waals surface area contributed by atoms with Crippen LogP contribution in [0.5, 0.6) is 0 Å². The SMILES string of the molecule is Cc1ccc(C(CC(=O)O)C(C)F)cc1. The van der Waals surface area contributed by atoms with E-state index in [1.54, 1.807) is 12.1 Å². The average Bonchev–Trinajstić information content (AvgIpc) is 2.15. The highest BCUT2D eigenvalue weighted by molar-refractivity contribution is 5.68. The standard InChI is InChI=1S/C12H15FO2/c1-8-3-5-10(6-4-8)11(9(2)13)7-12(14)15/h3-6,9,11H,7H2,1-2H3,(H,14,15). The summed E-state index contributed by atoms with van der Waals surface area (Å²) in [5, 5.41) is 8.68. The summed E-state index contributed by atoms with van der Waals surface area (Å²) in [5.74, 6) is -1.52. The molecule has 1 aromatic rings. The van der Waals surface area contributed by atoms with E-state index in [-0.39, 0.29) is 6.42 Å². The number of benzene rings is 1. The lowest BCUT2D eigenvalue weighted by Crippen LogP contribution is -2.15. The van der Waals surface area contributed by atoms with Crippen LogP contribution in [-0.4, -0.2) is 17.2 Å². The van der Waals surface area contributed by atoms with E-state index in [0.717, 1.165) is 11.1 Å². The Morgan fingerprint density at radius 3 is 2.33 bits per heavy atom. The van der Waals surface area contributed by atoms with Crippen molar-refractivity contribution in [2.75, 3.05) is 0 Å². The minimum Gasteiger partial charge on any atom is -0.481 e. The van der Waals surface area contributed by atoms with Gasteiger partial charge in [-0.05, 0) is 19.4 Å². The molecule has 3 heteroatoms. The molecule has 0 aliphatic rings. The molecule has 0 radical (unpaired) electrons. The average molecular weight is 210 g/mol. The van der Waals surface area contributed by atoms with E-state index in [2.05, 4.69) is 0 Å². The fraction of sp³-hybridized carbons (Fsp3) is 0.417. The summed E-state index contributed by atoms with van der Waals surface area (Å²) in [6.07, 6.45) is -1.32. The lowest BCUT2D eigenvalue weighted by Gasteiger charge is -2.16. The molecule has 2 nitrogen and oxygen atoms in total. The Labute approximate surface area is 88.7 Å². The van der Waals surface area contributed by atoms with Gasteiger partial charge >= 0.3 is 5.97 Å². The van der Waals surface area contributed by atoms with Gasteiger partial charge in [0.15, 0.2) is 0 Å². The molecule has 0 saturated carbocycles. The summed E-state index contributed by atoms with van der Waals surface area (Å²) in [4.78, 5) is 10.6. The maximum Gasteiger partial charge on any atom is 0.304 e. The second-order valence-electron chi connectivity index (χ2n) is 3.79. The van der Waals surface area contributed by atoms with Crippen molar-refractivity contribution < 1.29 is 14.3 Å². The Hall–Kier alpha value is -1.38. The van der Waals surface area contributed by atoms with Crippen LogP contribution in [0.25, 0.3) is 0 Å². The van der Waals surface area contributed by atoms with Crippen molar-refractivity contribution in [3.8, 4) is 0 Å². The van der Waals surface area contributed by atoms with Crippen LogP contribution < -0.4 is 0 Å². The minimum absolute atomic E-state index is 0.166. The Bertz CT molecular complexity index is 330. The Morgan fingerprint density at radius 2 is 1.93 bits per heavy atom. The zero-order chi connectivity index (χ0) is 11.4. The van der Waals surface area contributed by atoms with E-state index in [0.29, 0.717) is 0 Å². The van der Waals surface area contributed by atoms with Crippen LogP contribution in [0.15, 0.2) is 24.3 Å². The van der Waals surface area contributed by atoms with Gasteiger partial charge in [0.05, 0.1) is 6.42 Å². The van der Waals surface area contributed by atoms with Crippen molar-refractivity contribution in [2.45, 2.75) is 32.4 Å². The minimum atomic E-state index is -1.15. The van der Waals surface area contributed by atoms with Crippen molar-refractivity contribution in [3.63, 3.8) is 0 Å². The van der Waals surface area contributed by atoms with Gasteiger partial charge in [-0.25, -0.2) is 4.39 Å². The van der Waals surface area contributed by atoms with Gasteiger partial charge in [-0.2, -0.15) is 0 Å². The van der Waals surface area contributed by atoms with Gasteiger partial charge in [-0.3, -0.25) is 4.79 Å². The second-order valence-corrected chi connectivity index (χ2v) is 3.79. The predicted molar refractivity (Wildman–Crippen MR) is 56.7 cm³/mol. The smallest absolute Gasteiger partial charge is 0.304 e. The number of halogens is 1. The third-order valence-electron chi connectivity index (χ3n) is 2.45. The first-order valence-electron chi connectivity index (χ1n) is 4.93. The van der Waals surface area contributed by atoms with Gasteiger partial charge in [-0.1, -0.05) is 29.8 Å². The summed E-state index contributed by atoms with van der Waals surface area (Å²) >= 11 is 0. The van der Waals surface area contributed by atoms with Crippen LogP contribution in [0.1, 0.15) is 30.4 Å². The van der Waals surface area contributed by atoms with E-state index < -0.39 is 18.1 Å². The van der Waals surface area contributed by atoms with Crippen molar-refractivity contribution in [3.05, 3.63) is 35.4 Å². The summed E-state index contributed by atoms with van der Waals surface area (Å²) in [6.45, 7) is 3.34. The third kappa shape index (κ3) is 3.35. The normalized spacial score (nSPS) is 14.6. The summed E-state index contributed by atoms with van der Waals surface area (Å²) in [7, 11) is 0. The molecule has 15 heavy (non-hydrogen) atoms. The van der Waals surface area contributed by atoms with Gasteiger partial charge in [0.1, 0.15) is 6.17 Å². The first-order chi connectivity index (χ1) is 7.00. The molecule has 0 bridgehead atoms. The summed E-state index contributed by atoms with van der Waals surface area (Å²) in [6, 6.07) is 7.32. The number of alkyl halides is 1. The quantitative estimate of drug-likeness (QED) is 0.829. The first-order valence-corrected chi connectivity index (χ1v) is 4.93. The highest BCUT2D eigenvalue weighted by atomic mass is 19.1. The van der Waals surface area contributed by atoms with Crippen LogP contribution in [0.2, 0.25) is 0 Å². The largest absolute Gasteiger partial charge is 0.481 e. The number of rotatable bonds is 4. The van der Waals surface area contributed by atoms with Crippen LogP contribution in [0.4, 0.5) is 4.39 Å². The summed E-state index contributed by atoms with van der Waals surface area (Å²) in [5.41, 5.74) is 1.83. The van der Waals surface area contributed by atoms with Gasteiger partial charge in [-0.15, -0.1) is 0 Å². The van der Waals surface area contributed by atoms with E-state index in [1.807, 2.05) is 19.1 Å². The first kappa shape index (κ1) is 11.7. The maximum absolute atomic E-state index is 13.2. The molecular weight excluding hydrogens is 195 g/mol. The zero-order valence-corrected chi connectivity index (χ0v) is 8.90. The lowest BCUT2D eigenvalue weighted by molar-refractivity contribution is -0.137. The molecule has 0 fully saturated rings. The van der Waals surface area contributed by atoms with Crippen LogP contribution in [0, 0.1) is 6.92 Å². The highest BCUT2D eigenvalue weighted by Gasteiger charge is 2.21. The van der Waals surface area contributed by atoms with Crippen LogP contribution in [-0.2, 0) is 4.79 Å². The summed E-state index contributed by atoms with van der Waals surface area (Å²) < 4.78 is 13.2. The molecule has 1 aromatic carbocycles. The topological polar surface area (TPSA) is 37.3 Å². The Kier molecular flexibility index (Phi) is 3.83. The van der Waals surface area contributed by atoms with E-state index in [4.69, 9.17) is 5.11 Å². The van der Waals surface area contributed by atoms with Gasteiger partial charge in [0, 0.05) is 5.92 Å². The van der Waals surface area contributed by atoms with Gasteiger partial charge in [0.2, 0.25) is 0 Å². The van der Waals surface area contributed by atoms with Crippen molar-refractivity contribution >= 4 is 5.97 Å². The fourth-order valence-electron chi connectivity index (χ4n) is 1.55. The molecule has 2 unspecified atom stereocenters. The number of carboxylic acid groups (broad SMARTS) is 1. The van der Waals surface area contributed by atoms with Crippen molar-refractivity contribution in [1.29, 1.82) is 0 Å². The molecule has 0 aliphatic heterocycles. The number of carboxylic acids is 1. The fourth-order valence-corrected chi connectivity index (χ4v) is 1.55. The van der Waals surface area contributed by atoms with E-state index in [1.165, 1.54) is 6.92 Å². The molecule has 0 saturated heterocycles. The zero-order valence-electron chi connectivity index (χ0n) is 8.90. The van der Waals surface area contributed by atoms with Gasteiger partial charge < -0.3 is 5.11 Å². The molecule has 0 aromatic heterocycles. The van der Waals surface area contributed by atoms with Crippen molar-refractivity contribution in [1.82, 2.24) is 0 Å².